The molecule has 0 bridgehead atoms. The van der Waals surface area contributed by atoms with E-state index >= 15 is 4.39 Å². The van der Waals surface area contributed by atoms with Crippen molar-refractivity contribution in [3.63, 3.8) is 0 Å². The molecule has 0 saturated carbocycles. The van der Waals surface area contributed by atoms with Crippen molar-refractivity contribution < 1.29 is 4.39 Å². The van der Waals surface area contributed by atoms with Crippen LogP contribution in [0.15, 0.2) is 171 Å². The van der Waals surface area contributed by atoms with Crippen LogP contribution in [0.5, 0.6) is 0 Å². The van der Waals surface area contributed by atoms with Crippen LogP contribution in [0.4, 0.5) is 4.39 Å². The standard InChI is InChI=1S/C55H50FN3/c1-37(2)48-28-41(32-57-34-48)17-15-39-25-40(16-18-42-29-49(38(3)4)35-58-33-42)27-47(26-39)52-30-50(56)23-24-51(52)54-36-59-55(46-13-9-6-10-14-46)31-53(54)45-21-19-44(20-22-45)43-11-7-5-8-12-43/h5-14,19-38H,15-18H2,1-4H3. The van der Waals surface area contributed by atoms with Crippen molar-refractivity contribution in [1.82, 2.24) is 15.0 Å². The van der Waals surface area contributed by atoms with Crippen LogP contribution in [-0.4, -0.2) is 15.0 Å². The van der Waals surface area contributed by atoms with Crippen LogP contribution in [0, 0.1) is 5.82 Å². The molecule has 292 valence electrons. The SMILES string of the molecule is CC(C)c1cncc(CCc2cc(CCc3cncc(C(C)C)c3)cc(-c3cc(F)ccc3-c3cnc(-c4ccccc4)cc3-c3ccc(-c4ccccc4)cc3)c2)c1. The summed E-state index contributed by atoms with van der Waals surface area (Å²) in [5.41, 5.74) is 17.4. The van der Waals surface area contributed by atoms with Gasteiger partial charge < -0.3 is 0 Å². The molecule has 0 atom stereocenters. The zero-order valence-corrected chi connectivity index (χ0v) is 34.4. The Morgan fingerprint density at radius 3 is 1.47 bits per heavy atom. The number of aromatic nitrogens is 3. The summed E-state index contributed by atoms with van der Waals surface area (Å²) in [5, 5.41) is 0. The largest absolute Gasteiger partial charge is 0.264 e. The summed E-state index contributed by atoms with van der Waals surface area (Å²) in [6.45, 7) is 8.82. The Bertz CT molecular complexity index is 2590. The van der Waals surface area contributed by atoms with Gasteiger partial charge in [0.05, 0.1) is 5.69 Å². The summed E-state index contributed by atoms with van der Waals surface area (Å²) in [7, 11) is 0. The molecule has 0 unspecified atom stereocenters. The lowest BCUT2D eigenvalue weighted by atomic mass is 9.87. The second-order valence-electron chi connectivity index (χ2n) is 16.2. The normalized spacial score (nSPS) is 11.4. The molecule has 0 aliphatic carbocycles. The highest BCUT2D eigenvalue weighted by molar-refractivity contribution is 5.93. The third-order valence-electron chi connectivity index (χ3n) is 11.3. The average Bonchev–Trinajstić information content (AvgIpc) is 3.28. The zero-order valence-electron chi connectivity index (χ0n) is 34.4. The molecule has 8 aromatic rings. The molecule has 5 aromatic carbocycles. The maximum absolute atomic E-state index is 15.6. The molecular formula is C55H50FN3. The van der Waals surface area contributed by atoms with E-state index in [1.54, 1.807) is 12.1 Å². The molecule has 0 amide bonds. The number of rotatable bonds is 13. The Labute approximate surface area is 348 Å². The third-order valence-corrected chi connectivity index (χ3v) is 11.3. The molecular weight excluding hydrogens is 722 g/mol. The highest BCUT2D eigenvalue weighted by Crippen LogP contribution is 2.41. The predicted octanol–water partition coefficient (Wildman–Crippen LogP) is 14.2. The van der Waals surface area contributed by atoms with Crippen molar-refractivity contribution in [3.05, 3.63) is 210 Å². The van der Waals surface area contributed by atoms with Crippen LogP contribution in [-0.2, 0) is 25.7 Å². The Balaban J connectivity index is 1.23. The van der Waals surface area contributed by atoms with E-state index in [1.165, 1.54) is 38.9 Å². The monoisotopic (exact) mass is 771 g/mol. The lowest BCUT2D eigenvalue weighted by Gasteiger charge is -2.18. The number of nitrogens with zero attached hydrogens (tertiary/aromatic N) is 3. The van der Waals surface area contributed by atoms with Crippen molar-refractivity contribution in [3.8, 4) is 55.8 Å². The first-order valence-electron chi connectivity index (χ1n) is 20.8. The van der Waals surface area contributed by atoms with Crippen LogP contribution >= 0.6 is 0 Å². The molecule has 3 heterocycles. The van der Waals surface area contributed by atoms with Gasteiger partial charge in [-0.2, -0.15) is 0 Å². The number of benzene rings is 5. The van der Waals surface area contributed by atoms with E-state index in [0.29, 0.717) is 11.8 Å². The van der Waals surface area contributed by atoms with Crippen molar-refractivity contribution >= 4 is 0 Å². The maximum Gasteiger partial charge on any atom is 0.123 e. The van der Waals surface area contributed by atoms with E-state index < -0.39 is 0 Å². The summed E-state index contributed by atoms with van der Waals surface area (Å²) in [5.74, 6) is 0.553. The van der Waals surface area contributed by atoms with E-state index in [0.717, 1.165) is 75.9 Å². The van der Waals surface area contributed by atoms with Crippen molar-refractivity contribution in [1.29, 1.82) is 0 Å². The number of hydrogen-bond donors (Lipinski definition) is 0. The molecule has 0 fully saturated rings. The summed E-state index contributed by atoms with van der Waals surface area (Å²) in [6, 6.07) is 48.2. The summed E-state index contributed by atoms with van der Waals surface area (Å²) >= 11 is 0. The summed E-state index contributed by atoms with van der Waals surface area (Å²) < 4.78 is 15.6. The minimum atomic E-state index is -0.272. The molecule has 0 saturated heterocycles. The fourth-order valence-corrected chi connectivity index (χ4v) is 7.84. The number of aryl methyl sites for hydroxylation is 4. The number of pyridine rings is 3. The van der Waals surface area contributed by atoms with Crippen LogP contribution in [0.3, 0.4) is 0 Å². The van der Waals surface area contributed by atoms with Gasteiger partial charge in [0.2, 0.25) is 0 Å². The molecule has 8 rings (SSSR count). The van der Waals surface area contributed by atoms with Gasteiger partial charge in [-0.15, -0.1) is 0 Å². The van der Waals surface area contributed by atoms with Crippen LogP contribution in [0.1, 0.15) is 72.9 Å². The van der Waals surface area contributed by atoms with Crippen molar-refractivity contribution in [2.45, 2.75) is 65.2 Å². The van der Waals surface area contributed by atoms with Gasteiger partial charge in [0.15, 0.2) is 0 Å². The topological polar surface area (TPSA) is 38.7 Å². The zero-order chi connectivity index (χ0) is 40.7. The Morgan fingerprint density at radius 2 is 0.898 bits per heavy atom. The summed E-state index contributed by atoms with van der Waals surface area (Å²) in [4.78, 5) is 14.2. The fraction of sp³-hybridized carbons (Fsp3) is 0.182. The molecule has 4 heteroatoms. The minimum Gasteiger partial charge on any atom is -0.264 e. The van der Waals surface area contributed by atoms with Gasteiger partial charge in [-0.25, -0.2) is 4.39 Å². The number of halogens is 1. The number of hydrogen-bond acceptors (Lipinski definition) is 3. The molecule has 0 spiro atoms. The average molecular weight is 772 g/mol. The Kier molecular flexibility index (Phi) is 12.0. The van der Waals surface area contributed by atoms with E-state index in [9.17, 15) is 0 Å². The quantitative estimate of drug-likeness (QED) is 0.117. The first-order chi connectivity index (χ1) is 28.8. The van der Waals surface area contributed by atoms with Gasteiger partial charge in [-0.3, -0.25) is 15.0 Å². The predicted molar refractivity (Wildman–Crippen MR) is 243 cm³/mol. The fourth-order valence-electron chi connectivity index (χ4n) is 7.84. The van der Waals surface area contributed by atoms with Crippen LogP contribution in [0.2, 0.25) is 0 Å². The van der Waals surface area contributed by atoms with Gasteiger partial charge in [-0.1, -0.05) is 149 Å². The third kappa shape index (κ3) is 9.45. The molecule has 0 aliphatic heterocycles. The van der Waals surface area contributed by atoms with Gasteiger partial charge in [0.25, 0.3) is 0 Å². The van der Waals surface area contributed by atoms with Gasteiger partial charge >= 0.3 is 0 Å². The van der Waals surface area contributed by atoms with Gasteiger partial charge in [-0.05, 0) is 128 Å². The molecule has 59 heavy (non-hydrogen) atoms. The highest BCUT2D eigenvalue weighted by Gasteiger charge is 2.18. The van der Waals surface area contributed by atoms with Crippen LogP contribution in [0.25, 0.3) is 55.8 Å². The van der Waals surface area contributed by atoms with E-state index in [4.69, 9.17) is 4.98 Å². The highest BCUT2D eigenvalue weighted by atomic mass is 19.1. The van der Waals surface area contributed by atoms with E-state index in [-0.39, 0.29) is 5.82 Å². The second kappa shape index (κ2) is 18.0. The molecule has 0 radical (unpaired) electrons. The maximum atomic E-state index is 15.6. The van der Waals surface area contributed by atoms with Crippen molar-refractivity contribution in [2.75, 3.05) is 0 Å². The van der Waals surface area contributed by atoms with E-state index in [1.807, 2.05) is 61.3 Å². The molecule has 0 N–H and O–H groups in total. The summed E-state index contributed by atoms with van der Waals surface area (Å²) in [6.07, 6.45) is 13.3. The van der Waals surface area contributed by atoms with E-state index in [2.05, 4.69) is 135 Å². The van der Waals surface area contributed by atoms with Crippen LogP contribution < -0.4 is 0 Å². The molecule has 3 aromatic heterocycles. The smallest absolute Gasteiger partial charge is 0.123 e. The van der Waals surface area contributed by atoms with Gasteiger partial charge in [0.1, 0.15) is 5.82 Å². The Morgan fingerprint density at radius 1 is 0.390 bits per heavy atom. The second-order valence-corrected chi connectivity index (χ2v) is 16.2. The molecule has 0 aliphatic rings. The lowest BCUT2D eigenvalue weighted by molar-refractivity contribution is 0.628. The van der Waals surface area contributed by atoms with Crippen molar-refractivity contribution in [2.24, 2.45) is 0 Å². The molecule has 3 nitrogen and oxygen atoms in total. The first kappa shape index (κ1) is 39.3. The minimum absolute atomic E-state index is 0.272. The Hall–Kier alpha value is -6.52. The van der Waals surface area contributed by atoms with Gasteiger partial charge in [0, 0.05) is 42.1 Å². The lowest BCUT2D eigenvalue weighted by Crippen LogP contribution is -2.00. The first-order valence-corrected chi connectivity index (χ1v) is 20.8.